The summed E-state index contributed by atoms with van der Waals surface area (Å²) in [6, 6.07) is 11.2. The number of esters is 1. The van der Waals surface area contributed by atoms with Crippen LogP contribution in [0.3, 0.4) is 0 Å². The van der Waals surface area contributed by atoms with Gasteiger partial charge in [0.05, 0.1) is 18.5 Å². The molecule has 2 N–H and O–H groups in total. The van der Waals surface area contributed by atoms with Gasteiger partial charge in [0.1, 0.15) is 27.5 Å². The number of fused-ring (bicyclic) bond motifs is 3. The van der Waals surface area contributed by atoms with Crippen LogP contribution in [-0.2, 0) is 9.53 Å². The van der Waals surface area contributed by atoms with Crippen LogP contribution in [0, 0.1) is 6.92 Å². The monoisotopic (exact) mass is 439 g/mol. The molecule has 160 valence electrons. The number of aryl methyl sites for hydroxylation is 1. The van der Waals surface area contributed by atoms with Crippen molar-refractivity contribution >= 4 is 56.0 Å². The van der Waals surface area contributed by atoms with Gasteiger partial charge in [0, 0.05) is 23.9 Å². The number of hydrogen-bond acceptors (Lipinski definition) is 8. The van der Waals surface area contributed by atoms with E-state index in [4.69, 9.17) is 13.9 Å². The zero-order chi connectivity index (χ0) is 22.1. The zero-order valence-corrected chi connectivity index (χ0v) is 18.3. The molecule has 4 aromatic rings. The van der Waals surface area contributed by atoms with Crippen LogP contribution in [0.1, 0.15) is 23.0 Å². The van der Waals surface area contributed by atoms with Crippen LogP contribution in [0.15, 0.2) is 40.8 Å². The number of amides is 1. The third-order valence-electron chi connectivity index (χ3n) is 4.90. The highest BCUT2D eigenvalue weighted by Crippen LogP contribution is 2.36. The topological polar surface area (TPSA) is 103 Å². The summed E-state index contributed by atoms with van der Waals surface area (Å²) in [4.78, 5) is 25.3. The number of aromatic nitrogens is 1. The summed E-state index contributed by atoms with van der Waals surface area (Å²) >= 11 is 1.16. The SMILES string of the molecule is CNc1snc(C)c1C(=O)OC(C)C(=O)Nc1cc2oc3ccccc3c2cc1OC. The van der Waals surface area contributed by atoms with E-state index in [1.165, 1.54) is 14.0 Å². The molecule has 1 unspecified atom stereocenters. The van der Waals surface area contributed by atoms with E-state index in [-0.39, 0.29) is 0 Å². The number of methoxy groups -OCH3 is 1. The Kier molecular flexibility index (Phi) is 5.51. The smallest absolute Gasteiger partial charge is 0.343 e. The Morgan fingerprint density at radius 1 is 1.16 bits per heavy atom. The molecular formula is C22H21N3O5S. The van der Waals surface area contributed by atoms with Crippen LogP contribution in [-0.4, -0.2) is 36.5 Å². The Labute approximate surface area is 182 Å². The number of ether oxygens (including phenoxy) is 2. The van der Waals surface area contributed by atoms with Crippen molar-refractivity contribution in [3.05, 3.63) is 47.7 Å². The van der Waals surface area contributed by atoms with Gasteiger partial charge in [-0.15, -0.1) is 0 Å². The highest BCUT2D eigenvalue weighted by molar-refractivity contribution is 7.10. The Bertz CT molecular complexity index is 1290. The number of rotatable bonds is 6. The third kappa shape index (κ3) is 3.79. The molecule has 31 heavy (non-hydrogen) atoms. The summed E-state index contributed by atoms with van der Waals surface area (Å²) in [7, 11) is 3.22. The van der Waals surface area contributed by atoms with Crippen molar-refractivity contribution in [2.45, 2.75) is 20.0 Å². The van der Waals surface area contributed by atoms with Gasteiger partial charge in [-0.3, -0.25) is 4.79 Å². The molecule has 1 atom stereocenters. The van der Waals surface area contributed by atoms with Crippen molar-refractivity contribution in [3.63, 3.8) is 0 Å². The number of furan rings is 1. The fourth-order valence-electron chi connectivity index (χ4n) is 3.31. The number of carbonyl (C=O) groups excluding carboxylic acids is 2. The third-order valence-corrected chi connectivity index (χ3v) is 5.86. The standard InChI is InChI=1S/C22H21N3O5S/c1-11-19(21(23-3)31-25-11)22(27)29-12(2)20(26)24-15-10-17-14(9-18(15)28-4)13-7-5-6-8-16(13)30-17/h5-10,12,23H,1-4H3,(H,24,26). The molecule has 0 aliphatic carbocycles. The summed E-state index contributed by atoms with van der Waals surface area (Å²) in [6.07, 6.45) is -1.03. The number of carbonyl (C=O) groups is 2. The summed E-state index contributed by atoms with van der Waals surface area (Å²) in [6.45, 7) is 3.22. The highest BCUT2D eigenvalue weighted by atomic mass is 32.1. The molecule has 2 heterocycles. The molecule has 0 radical (unpaired) electrons. The second-order valence-corrected chi connectivity index (χ2v) is 7.68. The molecule has 0 aliphatic rings. The van der Waals surface area contributed by atoms with Crippen molar-refractivity contribution in [3.8, 4) is 5.75 Å². The average molecular weight is 439 g/mol. The molecular weight excluding hydrogens is 418 g/mol. The molecule has 9 heteroatoms. The van der Waals surface area contributed by atoms with Crippen molar-refractivity contribution in [2.24, 2.45) is 0 Å². The van der Waals surface area contributed by atoms with E-state index in [0.29, 0.717) is 33.3 Å². The van der Waals surface area contributed by atoms with Gasteiger partial charge >= 0.3 is 5.97 Å². The first-order valence-electron chi connectivity index (χ1n) is 9.58. The first kappa shape index (κ1) is 20.7. The van der Waals surface area contributed by atoms with E-state index in [0.717, 1.165) is 27.9 Å². The Morgan fingerprint density at radius 2 is 1.94 bits per heavy atom. The fraction of sp³-hybridized carbons (Fsp3) is 0.227. The van der Waals surface area contributed by atoms with Crippen LogP contribution in [0.5, 0.6) is 5.75 Å². The zero-order valence-electron chi connectivity index (χ0n) is 17.4. The Morgan fingerprint density at radius 3 is 2.68 bits per heavy atom. The quantitative estimate of drug-likeness (QED) is 0.424. The maximum Gasteiger partial charge on any atom is 0.343 e. The lowest BCUT2D eigenvalue weighted by Crippen LogP contribution is -2.30. The number of hydrogen-bond donors (Lipinski definition) is 2. The second kappa shape index (κ2) is 8.27. The van der Waals surface area contributed by atoms with Gasteiger partial charge in [-0.05, 0) is 37.5 Å². The van der Waals surface area contributed by atoms with Gasteiger partial charge in [0.25, 0.3) is 5.91 Å². The fourth-order valence-corrected chi connectivity index (χ4v) is 4.04. The summed E-state index contributed by atoms with van der Waals surface area (Å²) in [5.74, 6) is -0.631. The molecule has 4 rings (SSSR count). The molecule has 2 aromatic carbocycles. The molecule has 8 nitrogen and oxygen atoms in total. The second-order valence-electron chi connectivity index (χ2n) is 6.91. The molecule has 0 saturated carbocycles. The van der Waals surface area contributed by atoms with Gasteiger partial charge in [-0.2, -0.15) is 4.37 Å². The summed E-state index contributed by atoms with van der Waals surface area (Å²) < 4.78 is 20.9. The van der Waals surface area contributed by atoms with E-state index < -0.39 is 18.0 Å². The lowest BCUT2D eigenvalue weighted by Gasteiger charge is -2.15. The maximum absolute atomic E-state index is 12.7. The van der Waals surface area contributed by atoms with E-state index in [9.17, 15) is 9.59 Å². The molecule has 0 spiro atoms. The van der Waals surface area contributed by atoms with E-state index >= 15 is 0 Å². The van der Waals surface area contributed by atoms with Crippen LogP contribution in [0.4, 0.5) is 10.7 Å². The van der Waals surface area contributed by atoms with Crippen molar-refractivity contribution in [2.75, 3.05) is 24.8 Å². The molecule has 0 aliphatic heterocycles. The number of nitrogens with one attached hydrogen (secondary N) is 2. The summed E-state index contributed by atoms with van der Waals surface area (Å²) in [5.41, 5.74) is 2.65. The molecule has 2 aromatic heterocycles. The lowest BCUT2D eigenvalue weighted by atomic mass is 10.1. The minimum Gasteiger partial charge on any atom is -0.495 e. The van der Waals surface area contributed by atoms with E-state index in [1.54, 1.807) is 20.0 Å². The predicted molar refractivity (Wildman–Crippen MR) is 120 cm³/mol. The van der Waals surface area contributed by atoms with Gasteiger partial charge in [-0.1, -0.05) is 18.2 Å². The van der Waals surface area contributed by atoms with Crippen LogP contribution in [0.25, 0.3) is 21.9 Å². The minimum atomic E-state index is -1.03. The Hall–Kier alpha value is -3.59. The highest BCUT2D eigenvalue weighted by Gasteiger charge is 2.25. The van der Waals surface area contributed by atoms with Crippen LogP contribution < -0.4 is 15.4 Å². The molecule has 0 bridgehead atoms. The maximum atomic E-state index is 12.7. The summed E-state index contributed by atoms with van der Waals surface area (Å²) in [5, 5.41) is 8.10. The largest absolute Gasteiger partial charge is 0.495 e. The number of nitrogens with zero attached hydrogens (tertiary/aromatic N) is 1. The minimum absolute atomic E-state index is 0.327. The van der Waals surface area contributed by atoms with Crippen LogP contribution >= 0.6 is 11.5 Å². The molecule has 0 fully saturated rings. The first-order valence-corrected chi connectivity index (χ1v) is 10.4. The van der Waals surface area contributed by atoms with Gasteiger partial charge < -0.3 is 24.5 Å². The molecule has 1 amide bonds. The van der Waals surface area contributed by atoms with E-state index in [2.05, 4.69) is 15.0 Å². The number of benzene rings is 2. The van der Waals surface area contributed by atoms with Gasteiger partial charge in [-0.25, -0.2) is 4.79 Å². The van der Waals surface area contributed by atoms with Crippen LogP contribution in [0.2, 0.25) is 0 Å². The van der Waals surface area contributed by atoms with Crippen molar-refractivity contribution in [1.82, 2.24) is 4.37 Å². The average Bonchev–Trinajstić information content (AvgIpc) is 3.32. The predicted octanol–water partition coefficient (Wildman–Crippen LogP) is 4.59. The van der Waals surface area contributed by atoms with E-state index in [1.807, 2.05) is 30.3 Å². The molecule has 0 saturated heterocycles. The Balaban J connectivity index is 1.56. The lowest BCUT2D eigenvalue weighted by molar-refractivity contribution is -0.123. The van der Waals surface area contributed by atoms with Crippen molar-refractivity contribution < 1.29 is 23.5 Å². The van der Waals surface area contributed by atoms with Crippen molar-refractivity contribution in [1.29, 1.82) is 0 Å². The van der Waals surface area contributed by atoms with Gasteiger partial charge in [0.15, 0.2) is 6.10 Å². The van der Waals surface area contributed by atoms with Gasteiger partial charge in [0.2, 0.25) is 0 Å². The number of anilines is 2. The first-order chi connectivity index (χ1) is 14.9. The normalized spacial score (nSPS) is 12.0. The number of para-hydroxylation sites is 1.